The Morgan fingerprint density at radius 1 is 1.57 bits per heavy atom. The molecule has 0 aliphatic heterocycles. The number of hydrogen-bond acceptors (Lipinski definition) is 5. The summed E-state index contributed by atoms with van der Waals surface area (Å²) in [6, 6.07) is 1.83. The maximum atomic E-state index is 12.1. The Morgan fingerprint density at radius 3 is 3.05 bits per heavy atom. The third kappa shape index (κ3) is 4.14. The van der Waals surface area contributed by atoms with E-state index in [9.17, 15) is 4.79 Å². The van der Waals surface area contributed by atoms with Gasteiger partial charge < -0.3 is 10.4 Å². The van der Waals surface area contributed by atoms with E-state index < -0.39 is 0 Å². The third-order valence-corrected chi connectivity index (χ3v) is 5.02. The first kappa shape index (κ1) is 15.7. The Hall–Kier alpha value is -1.68. The predicted octanol–water partition coefficient (Wildman–Crippen LogP) is 2.39. The normalized spacial score (nSPS) is 11.6. The standard InChI is InChI=1S/C15H16N2O2S2/c1-10-8-13(21-12(10)4-3-6-18)14(19)17-9-11(2)15-16-5-7-20-15/h5,7-8,11,18H,6,9H2,1-2H3,(H,17,19). The van der Waals surface area contributed by atoms with E-state index in [2.05, 4.69) is 22.1 Å². The van der Waals surface area contributed by atoms with E-state index in [0.29, 0.717) is 11.4 Å². The molecule has 1 atom stereocenters. The lowest BCUT2D eigenvalue weighted by atomic mass is 10.2. The molecule has 2 heterocycles. The summed E-state index contributed by atoms with van der Waals surface area (Å²) in [5.41, 5.74) is 0.957. The van der Waals surface area contributed by atoms with Crippen LogP contribution >= 0.6 is 22.7 Å². The molecule has 6 heteroatoms. The topological polar surface area (TPSA) is 62.2 Å². The molecule has 2 aromatic heterocycles. The smallest absolute Gasteiger partial charge is 0.261 e. The van der Waals surface area contributed by atoms with Gasteiger partial charge in [0.1, 0.15) is 6.61 Å². The molecule has 2 aromatic rings. The number of carbonyl (C=O) groups excluding carboxylic acids is 1. The highest BCUT2D eigenvalue weighted by Crippen LogP contribution is 2.21. The average molecular weight is 320 g/mol. The van der Waals surface area contributed by atoms with Crippen molar-refractivity contribution in [3.05, 3.63) is 38.0 Å². The largest absolute Gasteiger partial charge is 0.384 e. The highest BCUT2D eigenvalue weighted by molar-refractivity contribution is 7.14. The number of aliphatic hydroxyl groups excluding tert-OH is 1. The van der Waals surface area contributed by atoms with Gasteiger partial charge in [-0.1, -0.05) is 18.8 Å². The van der Waals surface area contributed by atoms with Gasteiger partial charge in [0.05, 0.1) is 14.8 Å². The summed E-state index contributed by atoms with van der Waals surface area (Å²) >= 11 is 2.94. The van der Waals surface area contributed by atoms with Gasteiger partial charge >= 0.3 is 0 Å². The number of thiophene rings is 1. The Labute approximate surface area is 131 Å². The maximum absolute atomic E-state index is 12.1. The van der Waals surface area contributed by atoms with E-state index in [1.807, 2.05) is 25.3 Å². The summed E-state index contributed by atoms with van der Waals surface area (Å²) in [5.74, 6) is 5.56. The molecule has 1 unspecified atom stereocenters. The van der Waals surface area contributed by atoms with Crippen molar-refractivity contribution in [2.45, 2.75) is 19.8 Å². The van der Waals surface area contributed by atoms with Crippen molar-refractivity contribution in [2.24, 2.45) is 0 Å². The highest BCUT2D eigenvalue weighted by atomic mass is 32.1. The zero-order chi connectivity index (χ0) is 15.2. The van der Waals surface area contributed by atoms with Crippen molar-refractivity contribution in [3.8, 4) is 11.8 Å². The SMILES string of the molecule is Cc1cc(C(=O)NCC(C)c2nccs2)sc1C#CCO. The highest BCUT2D eigenvalue weighted by Gasteiger charge is 2.14. The number of thiazole rings is 1. The molecular formula is C15H16N2O2S2. The van der Waals surface area contributed by atoms with Gasteiger partial charge in [-0.3, -0.25) is 4.79 Å². The van der Waals surface area contributed by atoms with Gasteiger partial charge in [-0.15, -0.1) is 22.7 Å². The fraction of sp³-hybridized carbons (Fsp3) is 0.333. The molecule has 1 amide bonds. The second kappa shape index (κ2) is 7.36. The fourth-order valence-electron chi connectivity index (χ4n) is 1.74. The Morgan fingerprint density at radius 2 is 2.38 bits per heavy atom. The van der Waals surface area contributed by atoms with Crippen LogP contribution in [0.15, 0.2) is 17.6 Å². The monoisotopic (exact) mass is 320 g/mol. The van der Waals surface area contributed by atoms with Crippen molar-refractivity contribution < 1.29 is 9.90 Å². The summed E-state index contributed by atoms with van der Waals surface area (Å²) in [6.45, 7) is 4.33. The van der Waals surface area contributed by atoms with E-state index in [0.717, 1.165) is 15.4 Å². The molecule has 2 rings (SSSR count). The minimum absolute atomic E-state index is 0.0939. The minimum atomic E-state index is -0.176. The van der Waals surface area contributed by atoms with Crippen LogP contribution in [0, 0.1) is 18.8 Å². The van der Waals surface area contributed by atoms with Crippen LogP contribution in [-0.4, -0.2) is 29.1 Å². The number of hydrogen-bond donors (Lipinski definition) is 2. The van der Waals surface area contributed by atoms with Crippen LogP contribution in [0.5, 0.6) is 0 Å². The second-order valence-electron chi connectivity index (χ2n) is 4.56. The Balaban J connectivity index is 1.97. The van der Waals surface area contributed by atoms with Crippen molar-refractivity contribution in [1.29, 1.82) is 0 Å². The number of aryl methyl sites for hydroxylation is 1. The van der Waals surface area contributed by atoms with Crippen LogP contribution in [0.4, 0.5) is 0 Å². The zero-order valence-corrected chi connectivity index (χ0v) is 13.5. The van der Waals surface area contributed by atoms with Gasteiger partial charge in [-0.05, 0) is 18.6 Å². The van der Waals surface area contributed by atoms with Crippen LogP contribution in [0.1, 0.15) is 38.0 Å². The molecule has 0 radical (unpaired) electrons. The van der Waals surface area contributed by atoms with Gasteiger partial charge in [-0.2, -0.15) is 0 Å². The van der Waals surface area contributed by atoms with Crippen LogP contribution < -0.4 is 5.32 Å². The number of nitrogens with zero attached hydrogens (tertiary/aromatic N) is 1. The molecular weight excluding hydrogens is 304 g/mol. The van der Waals surface area contributed by atoms with Crippen molar-refractivity contribution in [3.63, 3.8) is 0 Å². The van der Waals surface area contributed by atoms with E-state index in [-0.39, 0.29) is 18.4 Å². The average Bonchev–Trinajstić information content (AvgIpc) is 3.12. The van der Waals surface area contributed by atoms with Gasteiger partial charge in [-0.25, -0.2) is 4.98 Å². The molecule has 0 aromatic carbocycles. The molecule has 110 valence electrons. The quantitative estimate of drug-likeness (QED) is 0.850. The van der Waals surface area contributed by atoms with Crippen LogP contribution in [0.25, 0.3) is 0 Å². The summed E-state index contributed by atoms with van der Waals surface area (Å²) in [5, 5.41) is 14.6. The van der Waals surface area contributed by atoms with Gasteiger partial charge in [0.15, 0.2) is 0 Å². The minimum Gasteiger partial charge on any atom is -0.384 e. The molecule has 0 saturated carbocycles. The molecule has 0 bridgehead atoms. The summed E-state index contributed by atoms with van der Waals surface area (Å²) in [6.07, 6.45) is 1.77. The van der Waals surface area contributed by atoms with E-state index in [1.54, 1.807) is 17.5 Å². The molecule has 0 aliphatic rings. The van der Waals surface area contributed by atoms with Crippen molar-refractivity contribution >= 4 is 28.6 Å². The first-order valence-electron chi connectivity index (χ1n) is 6.49. The maximum Gasteiger partial charge on any atom is 0.261 e. The lowest BCUT2D eigenvalue weighted by molar-refractivity contribution is 0.0955. The zero-order valence-electron chi connectivity index (χ0n) is 11.8. The molecule has 0 aliphatic carbocycles. The summed E-state index contributed by atoms with van der Waals surface area (Å²) < 4.78 is 0. The van der Waals surface area contributed by atoms with Crippen LogP contribution in [0.2, 0.25) is 0 Å². The molecule has 0 fully saturated rings. The van der Waals surface area contributed by atoms with Crippen molar-refractivity contribution in [2.75, 3.05) is 13.2 Å². The Kier molecular flexibility index (Phi) is 5.51. The molecule has 0 saturated heterocycles. The van der Waals surface area contributed by atoms with Gasteiger partial charge in [0.25, 0.3) is 5.91 Å². The molecule has 0 spiro atoms. The Bertz CT molecular complexity index is 666. The number of aromatic nitrogens is 1. The predicted molar refractivity (Wildman–Crippen MR) is 85.9 cm³/mol. The van der Waals surface area contributed by atoms with Gasteiger partial charge in [0, 0.05) is 24.0 Å². The van der Waals surface area contributed by atoms with Crippen molar-refractivity contribution in [1.82, 2.24) is 10.3 Å². The number of amides is 1. The number of rotatable bonds is 4. The molecule has 2 N–H and O–H groups in total. The molecule has 21 heavy (non-hydrogen) atoms. The fourth-order valence-corrected chi connectivity index (χ4v) is 3.40. The summed E-state index contributed by atoms with van der Waals surface area (Å²) in [4.78, 5) is 17.9. The number of carbonyl (C=O) groups is 1. The van der Waals surface area contributed by atoms with E-state index in [1.165, 1.54) is 11.3 Å². The second-order valence-corrected chi connectivity index (χ2v) is 6.54. The first-order chi connectivity index (χ1) is 10.1. The first-order valence-corrected chi connectivity index (χ1v) is 8.19. The van der Waals surface area contributed by atoms with Gasteiger partial charge in [0.2, 0.25) is 0 Å². The van der Waals surface area contributed by atoms with E-state index in [4.69, 9.17) is 5.11 Å². The number of nitrogens with one attached hydrogen (secondary N) is 1. The third-order valence-electron chi connectivity index (χ3n) is 2.86. The molecule has 4 nitrogen and oxygen atoms in total. The number of aliphatic hydroxyl groups is 1. The van der Waals surface area contributed by atoms with E-state index >= 15 is 0 Å². The van der Waals surface area contributed by atoms with Crippen LogP contribution in [0.3, 0.4) is 0 Å². The summed E-state index contributed by atoms with van der Waals surface area (Å²) in [7, 11) is 0. The lowest BCUT2D eigenvalue weighted by Crippen LogP contribution is -2.26. The van der Waals surface area contributed by atoms with Crippen LogP contribution in [-0.2, 0) is 0 Å². The lowest BCUT2D eigenvalue weighted by Gasteiger charge is -2.09.